The number of benzene rings is 1. The molecular weight excluding hydrogens is 193 g/mol. The number of rotatable bonds is 3. The Morgan fingerprint density at radius 2 is 2.17 bits per heavy atom. The molecular formula is C9H9Cl2N. The van der Waals surface area contributed by atoms with E-state index in [1.165, 1.54) is 0 Å². The predicted octanol–water partition coefficient (Wildman–Crippen LogP) is 3.59. The van der Waals surface area contributed by atoms with Crippen LogP contribution in [0.25, 0.3) is 0 Å². The van der Waals surface area contributed by atoms with Gasteiger partial charge in [0, 0.05) is 6.54 Å². The molecule has 0 aliphatic carbocycles. The van der Waals surface area contributed by atoms with Crippen LogP contribution < -0.4 is 5.32 Å². The maximum Gasteiger partial charge on any atom is 0.0823 e. The van der Waals surface area contributed by atoms with E-state index in [1.807, 2.05) is 12.1 Å². The van der Waals surface area contributed by atoms with Crippen molar-refractivity contribution in [2.24, 2.45) is 0 Å². The third kappa shape index (κ3) is 2.16. The standard InChI is InChI=1S/C9H9Cl2N/c1-2-6-12-8-5-3-4-7(10)9(8)11/h2-5,12H,1,6H2. The van der Waals surface area contributed by atoms with Crippen molar-refractivity contribution < 1.29 is 0 Å². The van der Waals surface area contributed by atoms with Crippen molar-refractivity contribution in [3.05, 3.63) is 40.9 Å². The Labute approximate surface area is 82.0 Å². The minimum absolute atomic E-state index is 0.556. The quantitative estimate of drug-likeness (QED) is 0.738. The van der Waals surface area contributed by atoms with Gasteiger partial charge in [-0.15, -0.1) is 6.58 Å². The first-order valence-corrected chi connectivity index (χ1v) is 4.30. The minimum Gasteiger partial charge on any atom is -0.380 e. The van der Waals surface area contributed by atoms with Crippen molar-refractivity contribution in [1.29, 1.82) is 0 Å². The lowest BCUT2D eigenvalue weighted by Gasteiger charge is -2.06. The molecule has 3 heteroatoms. The Morgan fingerprint density at radius 1 is 1.42 bits per heavy atom. The summed E-state index contributed by atoms with van der Waals surface area (Å²) in [7, 11) is 0. The molecule has 0 bridgehead atoms. The smallest absolute Gasteiger partial charge is 0.0823 e. The van der Waals surface area contributed by atoms with Gasteiger partial charge in [-0.05, 0) is 12.1 Å². The van der Waals surface area contributed by atoms with Crippen LogP contribution in [0.5, 0.6) is 0 Å². The molecule has 0 aromatic heterocycles. The lowest BCUT2D eigenvalue weighted by molar-refractivity contribution is 1.34. The summed E-state index contributed by atoms with van der Waals surface area (Å²) in [5.41, 5.74) is 0.837. The van der Waals surface area contributed by atoms with E-state index in [0.717, 1.165) is 5.69 Å². The molecule has 0 radical (unpaired) electrons. The van der Waals surface area contributed by atoms with Crippen LogP contribution in [0.4, 0.5) is 5.69 Å². The molecule has 0 heterocycles. The summed E-state index contributed by atoms with van der Waals surface area (Å²) < 4.78 is 0. The summed E-state index contributed by atoms with van der Waals surface area (Å²) in [6.07, 6.45) is 1.76. The molecule has 0 spiro atoms. The zero-order valence-electron chi connectivity index (χ0n) is 6.48. The fraction of sp³-hybridized carbons (Fsp3) is 0.111. The van der Waals surface area contributed by atoms with E-state index in [1.54, 1.807) is 12.1 Å². The molecule has 1 aromatic carbocycles. The van der Waals surface area contributed by atoms with E-state index in [-0.39, 0.29) is 0 Å². The fourth-order valence-corrected chi connectivity index (χ4v) is 1.19. The van der Waals surface area contributed by atoms with Crippen LogP contribution in [-0.4, -0.2) is 6.54 Å². The molecule has 1 N–H and O–H groups in total. The highest BCUT2D eigenvalue weighted by molar-refractivity contribution is 6.43. The summed E-state index contributed by atoms with van der Waals surface area (Å²) in [4.78, 5) is 0. The molecule has 0 aliphatic heterocycles. The van der Waals surface area contributed by atoms with Gasteiger partial charge in [-0.25, -0.2) is 0 Å². The summed E-state index contributed by atoms with van der Waals surface area (Å²) in [5, 5.41) is 4.19. The number of nitrogens with one attached hydrogen (secondary N) is 1. The summed E-state index contributed by atoms with van der Waals surface area (Å²) in [6, 6.07) is 5.47. The molecule has 0 amide bonds. The van der Waals surface area contributed by atoms with Gasteiger partial charge in [0.15, 0.2) is 0 Å². The molecule has 1 rings (SSSR count). The molecule has 0 saturated carbocycles. The molecule has 12 heavy (non-hydrogen) atoms. The van der Waals surface area contributed by atoms with Crippen molar-refractivity contribution in [3.63, 3.8) is 0 Å². The average Bonchev–Trinajstić information content (AvgIpc) is 2.08. The summed E-state index contributed by atoms with van der Waals surface area (Å²) >= 11 is 11.7. The van der Waals surface area contributed by atoms with E-state index in [2.05, 4.69) is 11.9 Å². The monoisotopic (exact) mass is 201 g/mol. The van der Waals surface area contributed by atoms with E-state index in [0.29, 0.717) is 16.6 Å². The number of anilines is 1. The predicted molar refractivity (Wildman–Crippen MR) is 55.1 cm³/mol. The van der Waals surface area contributed by atoms with Gasteiger partial charge in [0.2, 0.25) is 0 Å². The second-order valence-corrected chi connectivity index (χ2v) is 3.06. The topological polar surface area (TPSA) is 12.0 Å². The first kappa shape index (κ1) is 9.43. The lowest BCUT2D eigenvalue weighted by atomic mass is 10.3. The van der Waals surface area contributed by atoms with Crippen LogP contribution in [0, 0.1) is 0 Å². The Morgan fingerprint density at radius 3 is 2.83 bits per heavy atom. The third-order valence-corrected chi connectivity index (χ3v) is 2.21. The van der Waals surface area contributed by atoms with Crippen molar-refractivity contribution in [2.75, 3.05) is 11.9 Å². The molecule has 0 saturated heterocycles. The van der Waals surface area contributed by atoms with Crippen molar-refractivity contribution in [3.8, 4) is 0 Å². The second kappa shape index (κ2) is 4.39. The van der Waals surface area contributed by atoms with Crippen molar-refractivity contribution in [2.45, 2.75) is 0 Å². The minimum atomic E-state index is 0.556. The second-order valence-electron chi connectivity index (χ2n) is 2.27. The highest BCUT2D eigenvalue weighted by Crippen LogP contribution is 2.29. The molecule has 64 valence electrons. The molecule has 0 fully saturated rings. The van der Waals surface area contributed by atoms with Gasteiger partial charge < -0.3 is 5.32 Å². The number of hydrogen-bond donors (Lipinski definition) is 1. The average molecular weight is 202 g/mol. The third-order valence-electron chi connectivity index (χ3n) is 1.39. The fourth-order valence-electron chi connectivity index (χ4n) is 0.822. The van der Waals surface area contributed by atoms with Crippen molar-refractivity contribution in [1.82, 2.24) is 0 Å². The van der Waals surface area contributed by atoms with Crippen LogP contribution in [-0.2, 0) is 0 Å². The Kier molecular flexibility index (Phi) is 3.45. The zero-order chi connectivity index (χ0) is 8.97. The van der Waals surface area contributed by atoms with E-state index in [4.69, 9.17) is 23.2 Å². The SMILES string of the molecule is C=CCNc1cccc(Cl)c1Cl. The molecule has 0 aliphatic rings. The van der Waals surface area contributed by atoms with Crippen LogP contribution in [0.1, 0.15) is 0 Å². The summed E-state index contributed by atoms with van der Waals surface area (Å²) in [6.45, 7) is 4.27. The number of halogens is 2. The zero-order valence-corrected chi connectivity index (χ0v) is 7.99. The Bertz CT molecular complexity index is 284. The van der Waals surface area contributed by atoms with E-state index < -0.39 is 0 Å². The van der Waals surface area contributed by atoms with Crippen molar-refractivity contribution >= 4 is 28.9 Å². The van der Waals surface area contributed by atoms with Gasteiger partial charge in [0.05, 0.1) is 15.7 Å². The van der Waals surface area contributed by atoms with Gasteiger partial charge >= 0.3 is 0 Å². The lowest BCUT2D eigenvalue weighted by Crippen LogP contribution is -1.97. The maximum absolute atomic E-state index is 5.90. The van der Waals surface area contributed by atoms with Crippen LogP contribution in [0.15, 0.2) is 30.9 Å². The Balaban J connectivity index is 2.84. The van der Waals surface area contributed by atoms with Gasteiger partial charge in [0.25, 0.3) is 0 Å². The van der Waals surface area contributed by atoms with E-state index >= 15 is 0 Å². The highest BCUT2D eigenvalue weighted by atomic mass is 35.5. The highest BCUT2D eigenvalue weighted by Gasteiger charge is 2.01. The number of hydrogen-bond acceptors (Lipinski definition) is 1. The molecule has 0 unspecified atom stereocenters. The van der Waals surface area contributed by atoms with Crippen LogP contribution >= 0.6 is 23.2 Å². The van der Waals surface area contributed by atoms with Gasteiger partial charge in [-0.3, -0.25) is 0 Å². The van der Waals surface area contributed by atoms with Gasteiger partial charge in [-0.2, -0.15) is 0 Å². The van der Waals surface area contributed by atoms with Crippen LogP contribution in [0.3, 0.4) is 0 Å². The van der Waals surface area contributed by atoms with Gasteiger partial charge in [0.1, 0.15) is 0 Å². The van der Waals surface area contributed by atoms with Gasteiger partial charge in [-0.1, -0.05) is 35.3 Å². The normalized spacial score (nSPS) is 9.50. The largest absolute Gasteiger partial charge is 0.380 e. The first-order chi connectivity index (χ1) is 5.75. The first-order valence-electron chi connectivity index (χ1n) is 3.54. The Hall–Kier alpha value is -0.660. The van der Waals surface area contributed by atoms with E-state index in [9.17, 15) is 0 Å². The molecule has 1 nitrogen and oxygen atoms in total. The van der Waals surface area contributed by atoms with Crippen LogP contribution in [0.2, 0.25) is 10.0 Å². The molecule has 1 aromatic rings. The summed E-state index contributed by atoms with van der Waals surface area (Å²) in [5.74, 6) is 0. The molecule has 0 atom stereocenters. The maximum atomic E-state index is 5.90.